The van der Waals surface area contributed by atoms with Gasteiger partial charge in [-0.2, -0.15) is 0 Å². The van der Waals surface area contributed by atoms with Gasteiger partial charge in [-0.05, 0) is 47.4 Å². The molecule has 1 nitrogen and oxygen atoms in total. The van der Waals surface area contributed by atoms with E-state index in [2.05, 4.69) is 55.6 Å². The lowest BCUT2D eigenvalue weighted by molar-refractivity contribution is 0.818. The first kappa shape index (κ1) is 14.1. The maximum Gasteiger partial charge on any atom is 0.0451 e. The largest absolute Gasteiger partial charge is 0.316 e. The fourth-order valence-electron chi connectivity index (χ4n) is 2.14. The van der Waals surface area contributed by atoms with E-state index in [1.165, 1.54) is 16.7 Å². The van der Waals surface area contributed by atoms with Crippen molar-refractivity contribution in [2.24, 2.45) is 0 Å². The Morgan fingerprint density at radius 1 is 1.00 bits per heavy atom. The molecule has 2 rings (SSSR count). The Labute approximate surface area is 120 Å². The van der Waals surface area contributed by atoms with Crippen LogP contribution in [0.15, 0.2) is 42.5 Å². The van der Waals surface area contributed by atoms with Crippen molar-refractivity contribution < 1.29 is 0 Å². The van der Waals surface area contributed by atoms with Crippen molar-refractivity contribution in [2.75, 3.05) is 7.05 Å². The van der Waals surface area contributed by atoms with E-state index < -0.39 is 0 Å². The van der Waals surface area contributed by atoms with Gasteiger partial charge in [0, 0.05) is 11.6 Å². The van der Waals surface area contributed by atoms with Crippen LogP contribution < -0.4 is 5.32 Å². The zero-order valence-electron chi connectivity index (χ0n) is 11.7. The minimum atomic E-state index is 0.569. The van der Waals surface area contributed by atoms with Gasteiger partial charge < -0.3 is 5.32 Å². The number of halogens is 1. The van der Waals surface area contributed by atoms with Gasteiger partial charge in [-0.3, -0.25) is 0 Å². The van der Waals surface area contributed by atoms with Crippen LogP contribution in [0.4, 0.5) is 0 Å². The Hall–Kier alpha value is -1.31. The highest BCUT2D eigenvalue weighted by atomic mass is 35.5. The summed E-state index contributed by atoms with van der Waals surface area (Å²) in [6, 6.07) is 15.0. The third kappa shape index (κ3) is 3.37. The first-order valence-electron chi connectivity index (χ1n) is 6.65. The quantitative estimate of drug-likeness (QED) is 0.840. The third-order valence-electron chi connectivity index (χ3n) is 3.32. The summed E-state index contributed by atoms with van der Waals surface area (Å²) < 4.78 is 0. The fourth-order valence-corrected chi connectivity index (χ4v) is 2.33. The zero-order chi connectivity index (χ0) is 13.8. The van der Waals surface area contributed by atoms with E-state index in [-0.39, 0.29) is 0 Å². The van der Waals surface area contributed by atoms with E-state index in [0.717, 1.165) is 17.1 Å². The van der Waals surface area contributed by atoms with Crippen LogP contribution in [0.25, 0.3) is 11.1 Å². The van der Waals surface area contributed by atoms with E-state index >= 15 is 0 Å². The Morgan fingerprint density at radius 3 is 2.21 bits per heavy atom. The van der Waals surface area contributed by atoms with Gasteiger partial charge in [0.05, 0.1) is 0 Å². The molecule has 0 bridgehead atoms. The van der Waals surface area contributed by atoms with E-state index in [1.54, 1.807) is 0 Å². The van der Waals surface area contributed by atoms with Crippen LogP contribution in [-0.4, -0.2) is 7.05 Å². The minimum absolute atomic E-state index is 0.569. The summed E-state index contributed by atoms with van der Waals surface area (Å²) >= 11 is 6.19. The summed E-state index contributed by atoms with van der Waals surface area (Å²) in [7, 11) is 1.93. The topological polar surface area (TPSA) is 12.0 Å². The molecule has 19 heavy (non-hydrogen) atoms. The maximum absolute atomic E-state index is 6.19. The zero-order valence-corrected chi connectivity index (χ0v) is 12.5. The van der Waals surface area contributed by atoms with E-state index in [9.17, 15) is 0 Å². The molecule has 0 unspecified atom stereocenters. The SMILES string of the molecule is CNCc1cc(-c2ccc(C(C)C)cc2)ccc1Cl. The molecule has 0 aliphatic rings. The molecular formula is C17H20ClN. The summed E-state index contributed by atoms with van der Waals surface area (Å²) in [5, 5.41) is 3.96. The second kappa shape index (κ2) is 6.23. The lowest BCUT2D eigenvalue weighted by atomic mass is 9.98. The van der Waals surface area contributed by atoms with Crippen molar-refractivity contribution >= 4 is 11.6 Å². The molecule has 100 valence electrons. The highest BCUT2D eigenvalue weighted by molar-refractivity contribution is 6.31. The van der Waals surface area contributed by atoms with Crippen LogP contribution in [0.5, 0.6) is 0 Å². The Bertz CT molecular complexity index is 544. The Balaban J connectivity index is 2.33. The molecule has 0 fully saturated rings. The second-order valence-electron chi connectivity index (χ2n) is 5.11. The molecule has 2 aromatic rings. The molecule has 0 saturated heterocycles. The van der Waals surface area contributed by atoms with Gasteiger partial charge in [0.2, 0.25) is 0 Å². The van der Waals surface area contributed by atoms with Crippen LogP contribution in [0.3, 0.4) is 0 Å². The first-order chi connectivity index (χ1) is 9.11. The average Bonchev–Trinajstić information content (AvgIpc) is 2.41. The van der Waals surface area contributed by atoms with Crippen LogP contribution in [0, 0.1) is 0 Å². The van der Waals surface area contributed by atoms with E-state index in [0.29, 0.717) is 5.92 Å². The Morgan fingerprint density at radius 2 is 1.63 bits per heavy atom. The number of hydrogen-bond donors (Lipinski definition) is 1. The van der Waals surface area contributed by atoms with Gasteiger partial charge in [0.15, 0.2) is 0 Å². The van der Waals surface area contributed by atoms with Crippen molar-refractivity contribution in [1.82, 2.24) is 5.32 Å². The molecule has 0 amide bonds. The monoisotopic (exact) mass is 273 g/mol. The summed E-state index contributed by atoms with van der Waals surface area (Å²) in [6.45, 7) is 5.21. The molecule has 0 aliphatic heterocycles. The fraction of sp³-hybridized carbons (Fsp3) is 0.294. The van der Waals surface area contributed by atoms with Gasteiger partial charge in [0.25, 0.3) is 0 Å². The third-order valence-corrected chi connectivity index (χ3v) is 3.69. The van der Waals surface area contributed by atoms with E-state index in [1.807, 2.05) is 13.1 Å². The first-order valence-corrected chi connectivity index (χ1v) is 7.03. The summed E-state index contributed by atoms with van der Waals surface area (Å²) in [4.78, 5) is 0. The van der Waals surface area contributed by atoms with Gasteiger partial charge in [0.1, 0.15) is 0 Å². The van der Waals surface area contributed by atoms with Crippen molar-refractivity contribution in [3.05, 3.63) is 58.6 Å². The molecular weight excluding hydrogens is 254 g/mol. The maximum atomic E-state index is 6.19. The lowest BCUT2D eigenvalue weighted by Crippen LogP contribution is -2.05. The average molecular weight is 274 g/mol. The molecule has 0 saturated carbocycles. The highest BCUT2D eigenvalue weighted by Crippen LogP contribution is 2.26. The van der Waals surface area contributed by atoms with Crippen LogP contribution in [0.2, 0.25) is 5.02 Å². The molecule has 0 aliphatic carbocycles. The van der Waals surface area contributed by atoms with Gasteiger partial charge >= 0.3 is 0 Å². The van der Waals surface area contributed by atoms with Crippen molar-refractivity contribution in [1.29, 1.82) is 0 Å². The molecule has 0 atom stereocenters. The molecule has 1 N–H and O–H groups in total. The summed E-state index contributed by atoms with van der Waals surface area (Å²) in [5.74, 6) is 0.569. The molecule has 0 spiro atoms. The molecule has 0 heterocycles. The van der Waals surface area contributed by atoms with Crippen molar-refractivity contribution in [3.63, 3.8) is 0 Å². The normalized spacial score (nSPS) is 11.0. The number of nitrogens with one attached hydrogen (secondary N) is 1. The summed E-state index contributed by atoms with van der Waals surface area (Å²) in [5.41, 5.74) is 4.95. The predicted molar refractivity (Wildman–Crippen MR) is 83.7 cm³/mol. The van der Waals surface area contributed by atoms with E-state index in [4.69, 9.17) is 11.6 Å². The Kier molecular flexibility index (Phi) is 4.62. The van der Waals surface area contributed by atoms with Gasteiger partial charge in [-0.15, -0.1) is 0 Å². The number of hydrogen-bond acceptors (Lipinski definition) is 1. The van der Waals surface area contributed by atoms with Crippen molar-refractivity contribution in [2.45, 2.75) is 26.3 Å². The standard InChI is InChI=1S/C17H20ClN/c1-12(2)13-4-6-14(7-5-13)15-8-9-17(18)16(10-15)11-19-3/h4-10,12,19H,11H2,1-3H3. The second-order valence-corrected chi connectivity index (χ2v) is 5.52. The van der Waals surface area contributed by atoms with Gasteiger partial charge in [-0.1, -0.05) is 55.8 Å². The minimum Gasteiger partial charge on any atom is -0.316 e. The van der Waals surface area contributed by atoms with Crippen LogP contribution in [-0.2, 0) is 6.54 Å². The molecule has 0 aromatic heterocycles. The van der Waals surface area contributed by atoms with Crippen LogP contribution >= 0.6 is 11.6 Å². The summed E-state index contributed by atoms with van der Waals surface area (Å²) in [6.07, 6.45) is 0. The van der Waals surface area contributed by atoms with Crippen molar-refractivity contribution in [3.8, 4) is 11.1 Å². The highest BCUT2D eigenvalue weighted by Gasteiger charge is 2.04. The van der Waals surface area contributed by atoms with Crippen LogP contribution in [0.1, 0.15) is 30.9 Å². The molecule has 2 aromatic carbocycles. The number of benzene rings is 2. The molecule has 2 heteroatoms. The molecule has 0 radical (unpaired) electrons. The lowest BCUT2D eigenvalue weighted by Gasteiger charge is -2.09. The number of rotatable bonds is 4. The smallest absolute Gasteiger partial charge is 0.0451 e. The van der Waals surface area contributed by atoms with Gasteiger partial charge in [-0.25, -0.2) is 0 Å². The predicted octanol–water partition coefficient (Wildman–Crippen LogP) is 4.85.